The van der Waals surface area contributed by atoms with Crippen LogP contribution in [-0.4, -0.2) is 19.3 Å². The summed E-state index contributed by atoms with van der Waals surface area (Å²) in [4.78, 5) is 0. The Morgan fingerprint density at radius 2 is 2.21 bits per heavy atom. The SMILES string of the molecule is CC(NCc1cccc(C#N)c1F)C1CCOCC1. The summed E-state index contributed by atoms with van der Waals surface area (Å²) in [7, 11) is 0. The Hall–Kier alpha value is -1.44. The number of nitrogens with one attached hydrogen (secondary N) is 1. The maximum Gasteiger partial charge on any atom is 0.145 e. The molecule has 2 rings (SSSR count). The standard InChI is InChI=1S/C15H19FN2O/c1-11(12-5-7-19-8-6-12)18-10-14-4-2-3-13(9-17)15(14)16/h2-4,11-12,18H,5-8,10H2,1H3. The molecule has 0 amide bonds. The summed E-state index contributed by atoms with van der Waals surface area (Å²) in [6, 6.07) is 7.14. The van der Waals surface area contributed by atoms with E-state index in [2.05, 4.69) is 12.2 Å². The van der Waals surface area contributed by atoms with Gasteiger partial charge in [-0.15, -0.1) is 0 Å². The Morgan fingerprint density at radius 3 is 2.89 bits per heavy atom. The molecule has 1 aliphatic rings. The molecule has 0 spiro atoms. The average molecular weight is 262 g/mol. The quantitative estimate of drug-likeness (QED) is 0.907. The predicted octanol–water partition coefficient (Wildman–Crippen LogP) is 2.60. The number of nitriles is 1. The predicted molar refractivity (Wildman–Crippen MR) is 71.0 cm³/mol. The van der Waals surface area contributed by atoms with Gasteiger partial charge in [0.05, 0.1) is 5.56 Å². The Kier molecular flexibility index (Phi) is 4.89. The molecule has 0 aromatic heterocycles. The molecule has 0 aliphatic carbocycles. The van der Waals surface area contributed by atoms with E-state index in [1.54, 1.807) is 12.1 Å². The lowest BCUT2D eigenvalue weighted by Gasteiger charge is -2.28. The second-order valence-electron chi connectivity index (χ2n) is 5.01. The molecule has 1 unspecified atom stereocenters. The Morgan fingerprint density at radius 1 is 1.47 bits per heavy atom. The van der Waals surface area contributed by atoms with Crippen molar-refractivity contribution in [1.82, 2.24) is 5.32 Å². The maximum absolute atomic E-state index is 13.9. The molecular weight excluding hydrogens is 243 g/mol. The number of benzene rings is 1. The Labute approximate surface area is 113 Å². The normalized spacial score (nSPS) is 17.9. The van der Waals surface area contributed by atoms with Gasteiger partial charge in [0.15, 0.2) is 0 Å². The summed E-state index contributed by atoms with van der Waals surface area (Å²) in [5.41, 5.74) is 0.663. The molecule has 1 N–H and O–H groups in total. The summed E-state index contributed by atoms with van der Waals surface area (Å²) < 4.78 is 19.2. The van der Waals surface area contributed by atoms with Crippen molar-refractivity contribution >= 4 is 0 Å². The van der Waals surface area contributed by atoms with Gasteiger partial charge < -0.3 is 10.1 Å². The molecule has 0 bridgehead atoms. The summed E-state index contributed by atoms with van der Waals surface area (Å²) in [6.45, 7) is 4.21. The third-order valence-corrected chi connectivity index (χ3v) is 3.79. The van der Waals surface area contributed by atoms with Gasteiger partial charge in [-0.25, -0.2) is 4.39 Å². The monoisotopic (exact) mass is 262 g/mol. The molecule has 3 nitrogen and oxygen atoms in total. The van der Waals surface area contributed by atoms with E-state index >= 15 is 0 Å². The van der Waals surface area contributed by atoms with E-state index in [4.69, 9.17) is 10.00 Å². The second-order valence-corrected chi connectivity index (χ2v) is 5.01. The van der Waals surface area contributed by atoms with Crippen LogP contribution in [0.25, 0.3) is 0 Å². The van der Waals surface area contributed by atoms with Crippen molar-refractivity contribution in [1.29, 1.82) is 5.26 Å². The van der Waals surface area contributed by atoms with E-state index in [1.165, 1.54) is 6.07 Å². The van der Waals surface area contributed by atoms with Crippen LogP contribution in [0.5, 0.6) is 0 Å². The van der Waals surface area contributed by atoms with Crippen LogP contribution in [0.3, 0.4) is 0 Å². The molecule has 102 valence electrons. The van der Waals surface area contributed by atoms with Gasteiger partial charge in [0.2, 0.25) is 0 Å². The van der Waals surface area contributed by atoms with E-state index < -0.39 is 5.82 Å². The highest BCUT2D eigenvalue weighted by Crippen LogP contribution is 2.19. The maximum atomic E-state index is 13.9. The molecule has 19 heavy (non-hydrogen) atoms. The molecular formula is C15H19FN2O. The highest BCUT2D eigenvalue weighted by molar-refractivity contribution is 5.34. The van der Waals surface area contributed by atoms with Gasteiger partial charge in [-0.05, 0) is 31.7 Å². The van der Waals surface area contributed by atoms with Gasteiger partial charge in [-0.1, -0.05) is 12.1 Å². The Bertz CT molecular complexity index is 464. The second kappa shape index (κ2) is 6.65. The minimum Gasteiger partial charge on any atom is -0.381 e. The van der Waals surface area contributed by atoms with Crippen LogP contribution in [0.1, 0.15) is 30.9 Å². The fraction of sp³-hybridized carbons (Fsp3) is 0.533. The Balaban J connectivity index is 1.93. The third kappa shape index (κ3) is 3.52. The van der Waals surface area contributed by atoms with Crippen LogP contribution in [0.2, 0.25) is 0 Å². The van der Waals surface area contributed by atoms with Crippen LogP contribution in [0.4, 0.5) is 4.39 Å². The van der Waals surface area contributed by atoms with Crippen LogP contribution >= 0.6 is 0 Å². The molecule has 1 saturated heterocycles. The van der Waals surface area contributed by atoms with Crippen LogP contribution in [-0.2, 0) is 11.3 Å². The van der Waals surface area contributed by atoms with Crippen molar-refractivity contribution in [2.75, 3.05) is 13.2 Å². The number of halogens is 1. The lowest BCUT2D eigenvalue weighted by molar-refractivity contribution is 0.0557. The lowest BCUT2D eigenvalue weighted by atomic mass is 9.93. The molecule has 0 saturated carbocycles. The molecule has 1 aromatic rings. The zero-order valence-corrected chi connectivity index (χ0v) is 11.2. The number of ether oxygens (including phenoxy) is 1. The van der Waals surface area contributed by atoms with Crippen LogP contribution in [0.15, 0.2) is 18.2 Å². The van der Waals surface area contributed by atoms with Crippen LogP contribution < -0.4 is 5.32 Å². The topological polar surface area (TPSA) is 45.0 Å². The minimum atomic E-state index is -0.406. The van der Waals surface area contributed by atoms with Gasteiger partial charge in [0.25, 0.3) is 0 Å². The number of nitrogens with zero attached hydrogens (tertiary/aromatic N) is 1. The highest BCUT2D eigenvalue weighted by Gasteiger charge is 2.20. The molecule has 1 aliphatic heterocycles. The average Bonchev–Trinajstić information content (AvgIpc) is 2.47. The first kappa shape index (κ1) is 14.0. The molecule has 1 aromatic carbocycles. The van der Waals surface area contributed by atoms with Crippen LogP contribution in [0, 0.1) is 23.1 Å². The van der Waals surface area contributed by atoms with Crippen molar-refractivity contribution in [3.05, 3.63) is 35.1 Å². The smallest absolute Gasteiger partial charge is 0.145 e. The van der Waals surface area contributed by atoms with E-state index in [9.17, 15) is 4.39 Å². The molecule has 1 atom stereocenters. The zero-order valence-electron chi connectivity index (χ0n) is 11.2. The van der Waals surface area contributed by atoms with Gasteiger partial charge in [-0.3, -0.25) is 0 Å². The van der Waals surface area contributed by atoms with E-state index in [0.717, 1.165) is 26.1 Å². The number of hydrogen-bond donors (Lipinski definition) is 1. The van der Waals surface area contributed by atoms with Crippen molar-refractivity contribution in [2.45, 2.75) is 32.4 Å². The highest BCUT2D eigenvalue weighted by atomic mass is 19.1. The fourth-order valence-corrected chi connectivity index (χ4v) is 2.46. The minimum absolute atomic E-state index is 0.109. The number of hydrogen-bond acceptors (Lipinski definition) is 3. The first-order chi connectivity index (χ1) is 9.22. The molecule has 1 heterocycles. The summed E-state index contributed by atoms with van der Waals surface area (Å²) in [5, 5.41) is 12.2. The molecule has 0 radical (unpaired) electrons. The van der Waals surface area contributed by atoms with Gasteiger partial charge in [0.1, 0.15) is 11.9 Å². The summed E-state index contributed by atoms with van der Waals surface area (Å²) in [5.74, 6) is 0.174. The van der Waals surface area contributed by atoms with E-state index in [1.807, 2.05) is 6.07 Å². The molecule has 1 fully saturated rings. The van der Waals surface area contributed by atoms with Gasteiger partial charge >= 0.3 is 0 Å². The summed E-state index contributed by atoms with van der Waals surface area (Å²) >= 11 is 0. The van der Waals surface area contributed by atoms with Gasteiger partial charge in [-0.2, -0.15) is 5.26 Å². The van der Waals surface area contributed by atoms with Gasteiger partial charge in [0, 0.05) is 31.4 Å². The largest absolute Gasteiger partial charge is 0.381 e. The third-order valence-electron chi connectivity index (χ3n) is 3.79. The van der Waals surface area contributed by atoms with Crippen molar-refractivity contribution < 1.29 is 9.13 Å². The lowest BCUT2D eigenvalue weighted by Crippen LogP contribution is -2.36. The van der Waals surface area contributed by atoms with Crippen molar-refractivity contribution in [3.8, 4) is 6.07 Å². The first-order valence-electron chi connectivity index (χ1n) is 6.71. The molecule has 4 heteroatoms. The van der Waals surface area contributed by atoms with E-state index in [0.29, 0.717) is 24.1 Å². The zero-order chi connectivity index (χ0) is 13.7. The number of rotatable bonds is 4. The summed E-state index contributed by atoms with van der Waals surface area (Å²) in [6.07, 6.45) is 2.10. The van der Waals surface area contributed by atoms with Crippen molar-refractivity contribution in [3.63, 3.8) is 0 Å². The first-order valence-corrected chi connectivity index (χ1v) is 6.71. The van der Waals surface area contributed by atoms with Crippen molar-refractivity contribution in [2.24, 2.45) is 5.92 Å². The fourth-order valence-electron chi connectivity index (χ4n) is 2.46. The van der Waals surface area contributed by atoms with E-state index in [-0.39, 0.29) is 5.56 Å².